The molecule has 1 N–H and O–H groups in total. The van der Waals surface area contributed by atoms with Gasteiger partial charge < -0.3 is 19.1 Å². The van der Waals surface area contributed by atoms with Crippen LogP contribution in [0.15, 0.2) is 58.7 Å². The van der Waals surface area contributed by atoms with Crippen molar-refractivity contribution in [2.75, 3.05) is 20.3 Å². The Kier molecular flexibility index (Phi) is 6.02. The molecular weight excluding hydrogens is 399 g/mol. The van der Waals surface area contributed by atoms with Crippen molar-refractivity contribution in [2.24, 2.45) is 0 Å². The Balaban J connectivity index is 2.29. The quantitative estimate of drug-likeness (QED) is 0.257. The highest BCUT2D eigenvalue weighted by Crippen LogP contribution is 2.65. The number of esters is 1. The van der Waals surface area contributed by atoms with Gasteiger partial charge in [-0.3, -0.25) is 14.7 Å². The van der Waals surface area contributed by atoms with E-state index in [9.17, 15) is 19.5 Å². The van der Waals surface area contributed by atoms with Gasteiger partial charge in [-0.05, 0) is 13.8 Å². The Bertz CT molecular complexity index is 982. The number of para-hydroxylation sites is 1. The minimum absolute atomic E-state index is 0.0495. The Morgan fingerprint density at radius 1 is 1.21 bits per heavy atom. The van der Waals surface area contributed by atoms with Crippen molar-refractivity contribution in [3.63, 3.8) is 0 Å². The van der Waals surface area contributed by atoms with Crippen LogP contribution in [0, 0.1) is 10.1 Å². The molecule has 2 aliphatic rings. The van der Waals surface area contributed by atoms with Crippen LogP contribution in [-0.4, -0.2) is 31.2 Å². The lowest BCUT2D eigenvalue weighted by Crippen LogP contribution is -2.29. The third kappa shape index (κ3) is 3.89. The summed E-state index contributed by atoms with van der Waals surface area (Å²) in [4.78, 5) is 23.8. The fraction of sp³-hybridized carbons (Fsp3) is 0.316. The van der Waals surface area contributed by atoms with Crippen LogP contribution in [0.2, 0.25) is 0 Å². The summed E-state index contributed by atoms with van der Waals surface area (Å²) in [5.41, 5.74) is 0.998. The van der Waals surface area contributed by atoms with Crippen molar-refractivity contribution in [3.05, 3.63) is 74.4 Å². The highest BCUT2D eigenvalue weighted by Gasteiger charge is 2.46. The standard InChI is InChI=1S/C19H21N2O7P/c1-12-16(19(22)26-3)17(14-8-4-5-9-15(14)21(23)24)18(13(2)20-12)29(25)27-10-6-7-11-28-29/h4-9,17,20H,10-11H2,1-3H3. The van der Waals surface area contributed by atoms with Crippen LogP contribution in [0.1, 0.15) is 25.3 Å². The van der Waals surface area contributed by atoms with Crippen LogP contribution in [0.4, 0.5) is 5.69 Å². The molecule has 1 atom stereocenters. The molecule has 2 heterocycles. The molecule has 1 unspecified atom stereocenters. The second kappa shape index (κ2) is 8.32. The smallest absolute Gasteiger partial charge is 0.360 e. The van der Waals surface area contributed by atoms with E-state index in [1.807, 2.05) is 0 Å². The van der Waals surface area contributed by atoms with E-state index in [-0.39, 0.29) is 35.4 Å². The second-order valence-electron chi connectivity index (χ2n) is 6.47. The molecule has 0 saturated heterocycles. The number of nitrogens with one attached hydrogen (secondary N) is 1. The van der Waals surface area contributed by atoms with Crippen molar-refractivity contribution in [2.45, 2.75) is 19.8 Å². The van der Waals surface area contributed by atoms with Crippen molar-refractivity contribution >= 4 is 19.3 Å². The van der Waals surface area contributed by atoms with Gasteiger partial charge in [0.2, 0.25) is 0 Å². The van der Waals surface area contributed by atoms with E-state index in [4.69, 9.17) is 13.8 Å². The number of nitrogens with zero attached hydrogens (tertiary/aromatic N) is 1. The number of ether oxygens (including phenoxy) is 1. The number of rotatable bonds is 4. The van der Waals surface area contributed by atoms with Gasteiger partial charge in [-0.15, -0.1) is 0 Å². The number of carbonyl (C=O) groups is 1. The molecule has 2 aliphatic heterocycles. The van der Waals surface area contributed by atoms with Gasteiger partial charge in [-0.1, -0.05) is 30.4 Å². The minimum Gasteiger partial charge on any atom is -0.466 e. The molecule has 0 radical (unpaired) electrons. The first kappa shape index (κ1) is 21.0. The molecule has 0 aliphatic carbocycles. The largest absolute Gasteiger partial charge is 0.466 e. The molecule has 9 nitrogen and oxygen atoms in total. The molecule has 0 spiro atoms. The van der Waals surface area contributed by atoms with Gasteiger partial charge in [0.15, 0.2) is 0 Å². The summed E-state index contributed by atoms with van der Waals surface area (Å²) in [6.07, 6.45) is 3.35. The van der Waals surface area contributed by atoms with E-state index in [1.165, 1.54) is 25.3 Å². The van der Waals surface area contributed by atoms with Crippen molar-refractivity contribution < 1.29 is 28.1 Å². The number of hydrogen-bond acceptors (Lipinski definition) is 8. The van der Waals surface area contributed by atoms with Gasteiger partial charge in [-0.25, -0.2) is 4.79 Å². The van der Waals surface area contributed by atoms with E-state index in [2.05, 4.69) is 5.32 Å². The van der Waals surface area contributed by atoms with E-state index in [0.29, 0.717) is 11.4 Å². The normalized spacial score (nSPS) is 21.4. The Labute approximate surface area is 167 Å². The molecule has 0 saturated carbocycles. The Morgan fingerprint density at radius 2 is 1.83 bits per heavy atom. The van der Waals surface area contributed by atoms with E-state index in [1.54, 1.807) is 32.1 Å². The number of methoxy groups -OCH3 is 1. The number of nitro benzene ring substituents is 1. The molecule has 154 valence electrons. The first-order valence-electron chi connectivity index (χ1n) is 8.85. The fourth-order valence-corrected chi connectivity index (χ4v) is 5.49. The van der Waals surface area contributed by atoms with Crippen LogP contribution >= 0.6 is 7.60 Å². The summed E-state index contributed by atoms with van der Waals surface area (Å²) in [6.45, 7) is 3.42. The van der Waals surface area contributed by atoms with Crippen molar-refractivity contribution in [1.29, 1.82) is 0 Å². The highest BCUT2D eigenvalue weighted by atomic mass is 31.2. The predicted molar refractivity (Wildman–Crippen MR) is 105 cm³/mol. The number of benzene rings is 1. The maximum atomic E-state index is 13.7. The topological polar surface area (TPSA) is 117 Å². The van der Waals surface area contributed by atoms with E-state index in [0.717, 1.165) is 0 Å². The SMILES string of the molecule is COC(=O)C1=C(C)NC(C)=C(P2(=O)OCC=CCO2)C1c1ccccc1[N+](=O)[O-]. The summed E-state index contributed by atoms with van der Waals surface area (Å²) in [5, 5.41) is 14.9. The lowest BCUT2D eigenvalue weighted by molar-refractivity contribution is -0.385. The second-order valence-corrected chi connectivity index (χ2v) is 8.47. The average Bonchev–Trinajstić information content (AvgIpc) is 2.91. The lowest BCUT2D eigenvalue weighted by Gasteiger charge is -2.33. The van der Waals surface area contributed by atoms with Crippen LogP contribution in [-0.2, 0) is 23.1 Å². The molecular formula is C19H21N2O7P. The first-order chi connectivity index (χ1) is 13.8. The predicted octanol–water partition coefficient (Wildman–Crippen LogP) is 3.76. The molecule has 0 bridgehead atoms. The summed E-state index contributed by atoms with van der Waals surface area (Å²) in [7, 11) is -2.67. The zero-order valence-electron chi connectivity index (χ0n) is 16.2. The summed E-state index contributed by atoms with van der Waals surface area (Å²) >= 11 is 0. The van der Waals surface area contributed by atoms with E-state index >= 15 is 0 Å². The number of carbonyl (C=O) groups excluding carboxylic acids is 1. The van der Waals surface area contributed by atoms with Gasteiger partial charge in [0.25, 0.3) is 5.69 Å². The third-order valence-electron chi connectivity index (χ3n) is 4.72. The van der Waals surface area contributed by atoms with Crippen LogP contribution in [0.3, 0.4) is 0 Å². The molecule has 29 heavy (non-hydrogen) atoms. The zero-order chi connectivity index (χ0) is 21.2. The fourth-order valence-electron chi connectivity index (χ4n) is 3.52. The molecule has 0 aromatic heterocycles. The molecule has 10 heteroatoms. The Morgan fingerprint density at radius 3 is 2.41 bits per heavy atom. The summed E-state index contributed by atoms with van der Waals surface area (Å²) in [6, 6.07) is 6.01. The van der Waals surface area contributed by atoms with E-state index < -0.39 is 24.4 Å². The van der Waals surface area contributed by atoms with Gasteiger partial charge in [0.1, 0.15) is 0 Å². The maximum Gasteiger partial charge on any atom is 0.360 e. The maximum absolute atomic E-state index is 13.7. The monoisotopic (exact) mass is 420 g/mol. The molecule has 1 aromatic rings. The minimum atomic E-state index is -3.88. The number of dihydropyridines is 1. The van der Waals surface area contributed by atoms with Gasteiger partial charge in [0, 0.05) is 23.0 Å². The summed E-state index contributed by atoms with van der Waals surface area (Å²) in [5.74, 6) is -1.73. The van der Waals surface area contributed by atoms with Gasteiger partial charge in [-0.2, -0.15) is 0 Å². The Hall–Kier alpha value is -2.74. The molecule has 0 fully saturated rings. The average molecular weight is 420 g/mol. The van der Waals surface area contributed by atoms with Gasteiger partial charge in [0.05, 0.1) is 42.1 Å². The molecule has 3 rings (SSSR count). The molecule has 1 aromatic carbocycles. The third-order valence-corrected chi connectivity index (χ3v) is 6.88. The number of hydrogen-bond donors (Lipinski definition) is 1. The van der Waals surface area contributed by atoms with Crippen LogP contribution < -0.4 is 5.32 Å². The van der Waals surface area contributed by atoms with Crippen LogP contribution in [0.25, 0.3) is 0 Å². The van der Waals surface area contributed by atoms with Gasteiger partial charge >= 0.3 is 13.6 Å². The first-order valence-corrected chi connectivity index (χ1v) is 10.4. The lowest BCUT2D eigenvalue weighted by atomic mass is 9.85. The number of nitro groups is 1. The molecule has 0 amide bonds. The highest BCUT2D eigenvalue weighted by molar-refractivity contribution is 7.58. The summed E-state index contributed by atoms with van der Waals surface area (Å²) < 4.78 is 29.8. The zero-order valence-corrected chi connectivity index (χ0v) is 17.1. The van der Waals surface area contributed by atoms with Crippen molar-refractivity contribution in [1.82, 2.24) is 5.32 Å². The van der Waals surface area contributed by atoms with Crippen LogP contribution in [0.5, 0.6) is 0 Å². The van der Waals surface area contributed by atoms with Crippen molar-refractivity contribution in [3.8, 4) is 0 Å². The number of allylic oxidation sites excluding steroid dienone is 3.